The van der Waals surface area contributed by atoms with Gasteiger partial charge in [0.1, 0.15) is 18.4 Å². The molecule has 0 aliphatic carbocycles. The summed E-state index contributed by atoms with van der Waals surface area (Å²) in [5.74, 6) is -1.03. The molecule has 0 saturated carbocycles. The third-order valence-electron chi connectivity index (χ3n) is 4.16. The number of halogens is 2. The fraction of sp³-hybridized carbons (Fsp3) is 0.350. The molecule has 1 heterocycles. The van der Waals surface area contributed by atoms with Crippen LogP contribution in [0.25, 0.3) is 0 Å². The molecule has 2 aromatic rings. The Labute approximate surface area is 198 Å². The average molecular weight is 506 g/mol. The second kappa shape index (κ2) is 13.9. The number of ether oxygens (including phenoxy) is 1. The molecular formula is C20H25Cl2N3O6S. The lowest BCUT2D eigenvalue weighted by Crippen LogP contribution is -2.50. The van der Waals surface area contributed by atoms with Crippen LogP contribution in [-0.2, 0) is 19.6 Å². The Kier molecular flexibility index (Phi) is 12.0. The normalized spacial score (nSPS) is 11.8. The molecule has 0 fully saturated rings. The molecule has 176 valence electrons. The standard InChI is InChI=1S/C20H24ClN3O6S.ClH/c21-15-7-9-17(10-8-15)31(28,29)24-18(14-30-16-5-4-11-22-13-16)20(27)23-12-3-1-2-6-19(25)26;/h4-5,7-11,13,18,24H,1-3,6,12,14H2,(H,23,27)(H,25,26);1H/t18-;/m0./s1. The minimum absolute atomic E-state index is 0. The van der Waals surface area contributed by atoms with Crippen LogP contribution in [0, 0.1) is 0 Å². The number of benzene rings is 1. The monoisotopic (exact) mass is 505 g/mol. The number of carbonyl (C=O) groups is 2. The van der Waals surface area contributed by atoms with Crippen molar-refractivity contribution in [2.24, 2.45) is 0 Å². The number of carboxylic acids is 1. The molecule has 12 heteroatoms. The predicted molar refractivity (Wildman–Crippen MR) is 122 cm³/mol. The number of sulfonamides is 1. The molecule has 0 saturated heterocycles. The van der Waals surface area contributed by atoms with E-state index in [1.807, 2.05) is 0 Å². The molecule has 32 heavy (non-hydrogen) atoms. The lowest BCUT2D eigenvalue weighted by atomic mass is 10.2. The maximum atomic E-state index is 12.7. The second-order valence-electron chi connectivity index (χ2n) is 6.62. The van der Waals surface area contributed by atoms with E-state index in [0.29, 0.717) is 30.0 Å². The number of carboxylic acid groups (broad SMARTS) is 1. The third kappa shape index (κ3) is 9.82. The highest BCUT2D eigenvalue weighted by molar-refractivity contribution is 7.89. The zero-order valence-electron chi connectivity index (χ0n) is 17.1. The van der Waals surface area contributed by atoms with Crippen molar-refractivity contribution in [2.75, 3.05) is 13.2 Å². The van der Waals surface area contributed by atoms with Crippen LogP contribution >= 0.6 is 24.0 Å². The third-order valence-corrected chi connectivity index (χ3v) is 5.90. The Hall–Kier alpha value is -2.40. The van der Waals surface area contributed by atoms with Crippen LogP contribution in [0.2, 0.25) is 5.02 Å². The van der Waals surface area contributed by atoms with Crippen LogP contribution in [0.3, 0.4) is 0 Å². The van der Waals surface area contributed by atoms with Crippen molar-refractivity contribution in [3.05, 3.63) is 53.8 Å². The van der Waals surface area contributed by atoms with Gasteiger partial charge in [0.15, 0.2) is 0 Å². The van der Waals surface area contributed by atoms with E-state index in [-0.39, 0.29) is 36.9 Å². The lowest BCUT2D eigenvalue weighted by molar-refractivity contribution is -0.137. The van der Waals surface area contributed by atoms with E-state index in [1.54, 1.807) is 18.3 Å². The first-order valence-corrected chi connectivity index (χ1v) is 11.4. The number of hydrogen-bond donors (Lipinski definition) is 3. The molecule has 1 amide bonds. The van der Waals surface area contributed by atoms with Gasteiger partial charge in [-0.05, 0) is 49.2 Å². The summed E-state index contributed by atoms with van der Waals surface area (Å²) >= 11 is 5.81. The van der Waals surface area contributed by atoms with Crippen molar-refractivity contribution < 1.29 is 27.9 Å². The maximum Gasteiger partial charge on any atom is 0.303 e. The molecule has 0 radical (unpaired) electrons. The number of nitrogens with one attached hydrogen (secondary N) is 2. The van der Waals surface area contributed by atoms with Crippen LogP contribution in [0.15, 0.2) is 53.7 Å². The minimum Gasteiger partial charge on any atom is -0.490 e. The van der Waals surface area contributed by atoms with Crippen LogP contribution in [0.1, 0.15) is 25.7 Å². The summed E-state index contributed by atoms with van der Waals surface area (Å²) in [7, 11) is -4.00. The highest BCUT2D eigenvalue weighted by Crippen LogP contribution is 2.15. The van der Waals surface area contributed by atoms with Gasteiger partial charge in [-0.2, -0.15) is 4.72 Å². The molecule has 9 nitrogen and oxygen atoms in total. The minimum atomic E-state index is -4.00. The summed E-state index contributed by atoms with van der Waals surface area (Å²) in [5, 5.41) is 11.7. The highest BCUT2D eigenvalue weighted by atomic mass is 35.5. The van der Waals surface area contributed by atoms with Crippen LogP contribution < -0.4 is 14.8 Å². The molecule has 0 aliphatic rings. The Bertz CT molecular complexity index is 959. The largest absolute Gasteiger partial charge is 0.490 e. The number of carbonyl (C=O) groups excluding carboxylic acids is 1. The number of hydrogen-bond acceptors (Lipinski definition) is 6. The smallest absolute Gasteiger partial charge is 0.303 e. The molecule has 1 atom stereocenters. The van der Waals surface area contributed by atoms with Crippen LogP contribution in [0.5, 0.6) is 5.75 Å². The highest BCUT2D eigenvalue weighted by Gasteiger charge is 2.26. The van der Waals surface area contributed by atoms with E-state index in [0.717, 1.165) is 0 Å². The molecule has 0 bridgehead atoms. The Morgan fingerprint density at radius 3 is 2.47 bits per heavy atom. The number of aliphatic carboxylic acids is 1. The summed E-state index contributed by atoms with van der Waals surface area (Å²) in [6, 6.07) is 7.65. The van der Waals surface area contributed by atoms with Crippen molar-refractivity contribution in [3.8, 4) is 5.75 Å². The first-order valence-electron chi connectivity index (χ1n) is 9.58. The van der Waals surface area contributed by atoms with Crippen LogP contribution in [0.4, 0.5) is 0 Å². The van der Waals surface area contributed by atoms with Crippen molar-refractivity contribution in [1.82, 2.24) is 15.0 Å². The second-order valence-corrected chi connectivity index (χ2v) is 8.77. The summed E-state index contributed by atoms with van der Waals surface area (Å²) < 4.78 is 33.3. The Balaban J connectivity index is 0.00000512. The summed E-state index contributed by atoms with van der Waals surface area (Å²) in [5.41, 5.74) is 0. The van der Waals surface area contributed by atoms with E-state index in [4.69, 9.17) is 21.4 Å². The van der Waals surface area contributed by atoms with E-state index in [1.165, 1.54) is 30.5 Å². The SMILES string of the molecule is Cl.O=C(O)CCCCCNC(=O)[C@H](COc1cccnc1)NS(=O)(=O)c1ccc(Cl)cc1. The molecule has 1 aromatic heterocycles. The molecular weight excluding hydrogens is 481 g/mol. The van der Waals surface area contributed by atoms with E-state index < -0.39 is 27.9 Å². The molecule has 1 aromatic carbocycles. The lowest BCUT2D eigenvalue weighted by Gasteiger charge is -2.19. The van der Waals surface area contributed by atoms with Gasteiger partial charge in [-0.25, -0.2) is 8.42 Å². The molecule has 3 N–H and O–H groups in total. The quantitative estimate of drug-likeness (QED) is 0.356. The van der Waals surface area contributed by atoms with Gasteiger partial charge in [0.25, 0.3) is 0 Å². The molecule has 0 unspecified atom stereocenters. The van der Waals surface area contributed by atoms with E-state index in [9.17, 15) is 18.0 Å². The van der Waals surface area contributed by atoms with Crippen molar-refractivity contribution in [3.63, 3.8) is 0 Å². The zero-order chi connectivity index (χ0) is 22.7. The first-order chi connectivity index (χ1) is 14.8. The number of aromatic nitrogens is 1. The summed E-state index contributed by atoms with van der Waals surface area (Å²) in [4.78, 5) is 27.0. The zero-order valence-corrected chi connectivity index (χ0v) is 19.5. The topological polar surface area (TPSA) is 135 Å². The number of rotatable bonds is 13. The van der Waals surface area contributed by atoms with Gasteiger partial charge < -0.3 is 15.2 Å². The van der Waals surface area contributed by atoms with Crippen molar-refractivity contribution in [1.29, 1.82) is 0 Å². The van der Waals surface area contributed by atoms with E-state index in [2.05, 4.69) is 15.0 Å². The fourth-order valence-electron chi connectivity index (χ4n) is 2.56. The predicted octanol–water partition coefficient (Wildman–Crippen LogP) is 2.64. The Morgan fingerprint density at radius 1 is 1.12 bits per heavy atom. The van der Waals surface area contributed by atoms with Crippen molar-refractivity contribution >= 4 is 45.9 Å². The van der Waals surface area contributed by atoms with E-state index >= 15 is 0 Å². The number of amides is 1. The molecule has 0 spiro atoms. The van der Waals surface area contributed by atoms with Gasteiger partial charge in [0.05, 0.1) is 11.1 Å². The first kappa shape index (κ1) is 27.6. The Morgan fingerprint density at radius 2 is 1.84 bits per heavy atom. The fourth-order valence-corrected chi connectivity index (χ4v) is 3.86. The van der Waals surface area contributed by atoms with Gasteiger partial charge >= 0.3 is 5.97 Å². The van der Waals surface area contributed by atoms with Gasteiger partial charge in [-0.15, -0.1) is 12.4 Å². The van der Waals surface area contributed by atoms with Crippen molar-refractivity contribution in [2.45, 2.75) is 36.6 Å². The number of nitrogens with zero attached hydrogens (tertiary/aromatic N) is 1. The van der Waals surface area contributed by atoms with Gasteiger partial charge in [-0.3, -0.25) is 14.6 Å². The van der Waals surface area contributed by atoms with Crippen LogP contribution in [-0.4, -0.2) is 49.6 Å². The maximum absolute atomic E-state index is 12.7. The molecule has 2 rings (SSSR count). The summed E-state index contributed by atoms with van der Waals surface area (Å²) in [6.07, 6.45) is 4.77. The van der Waals surface area contributed by atoms with Gasteiger partial charge in [0, 0.05) is 24.2 Å². The van der Waals surface area contributed by atoms with Gasteiger partial charge in [0.2, 0.25) is 15.9 Å². The number of pyridine rings is 1. The number of unbranched alkanes of at least 4 members (excludes halogenated alkanes) is 2. The molecule has 0 aliphatic heterocycles. The average Bonchev–Trinajstić information content (AvgIpc) is 2.74. The summed E-state index contributed by atoms with van der Waals surface area (Å²) in [6.45, 7) is 0.0356. The van der Waals surface area contributed by atoms with Gasteiger partial charge in [-0.1, -0.05) is 18.0 Å².